The third-order valence-corrected chi connectivity index (χ3v) is 3.64. The first-order valence-corrected chi connectivity index (χ1v) is 6.56. The third-order valence-electron chi connectivity index (χ3n) is 2.54. The van der Waals surface area contributed by atoms with E-state index in [0.717, 1.165) is 15.7 Å². The summed E-state index contributed by atoms with van der Waals surface area (Å²) in [5.74, 6) is -0.141. The lowest BCUT2D eigenvalue weighted by molar-refractivity contribution is 0.102. The van der Waals surface area contributed by atoms with Crippen molar-refractivity contribution in [2.75, 3.05) is 5.32 Å². The van der Waals surface area contributed by atoms with Crippen molar-refractivity contribution in [1.29, 1.82) is 0 Å². The number of halogens is 2. The molecule has 18 heavy (non-hydrogen) atoms. The van der Waals surface area contributed by atoms with Gasteiger partial charge in [-0.25, -0.2) is 0 Å². The fourth-order valence-electron chi connectivity index (χ4n) is 1.47. The summed E-state index contributed by atoms with van der Waals surface area (Å²) >= 11 is 9.20. The zero-order valence-corrected chi connectivity index (χ0v) is 12.0. The van der Waals surface area contributed by atoms with Crippen LogP contribution in [-0.4, -0.2) is 5.91 Å². The van der Waals surface area contributed by atoms with Gasteiger partial charge in [0.05, 0.1) is 0 Å². The van der Waals surface area contributed by atoms with Crippen molar-refractivity contribution < 1.29 is 4.79 Å². The van der Waals surface area contributed by atoms with Gasteiger partial charge in [0.1, 0.15) is 0 Å². The number of nitrogens with one attached hydrogen (secondary N) is 1. The second kappa shape index (κ2) is 5.55. The Bertz CT molecular complexity index is 581. The quantitative estimate of drug-likeness (QED) is 0.855. The van der Waals surface area contributed by atoms with E-state index in [1.165, 1.54) is 0 Å². The maximum atomic E-state index is 12.0. The summed E-state index contributed by atoms with van der Waals surface area (Å²) < 4.78 is 0.922. The van der Waals surface area contributed by atoms with Crippen LogP contribution in [0.15, 0.2) is 46.9 Å². The van der Waals surface area contributed by atoms with Crippen LogP contribution in [0.2, 0.25) is 5.02 Å². The summed E-state index contributed by atoms with van der Waals surface area (Å²) in [5, 5.41) is 3.46. The van der Waals surface area contributed by atoms with Gasteiger partial charge in [0.25, 0.3) is 5.91 Å². The largest absolute Gasteiger partial charge is 0.322 e. The van der Waals surface area contributed by atoms with Crippen molar-refractivity contribution in [2.45, 2.75) is 6.92 Å². The Morgan fingerprint density at radius 1 is 1.17 bits per heavy atom. The van der Waals surface area contributed by atoms with Gasteiger partial charge >= 0.3 is 0 Å². The molecule has 2 rings (SSSR count). The topological polar surface area (TPSA) is 29.1 Å². The van der Waals surface area contributed by atoms with Crippen molar-refractivity contribution in [3.63, 3.8) is 0 Å². The van der Waals surface area contributed by atoms with E-state index in [-0.39, 0.29) is 5.91 Å². The lowest BCUT2D eigenvalue weighted by Gasteiger charge is -2.06. The van der Waals surface area contributed by atoms with Gasteiger partial charge in [0, 0.05) is 20.7 Å². The van der Waals surface area contributed by atoms with Crippen molar-refractivity contribution in [1.82, 2.24) is 0 Å². The molecule has 0 fully saturated rings. The molecule has 2 aromatic rings. The second-order valence-corrected chi connectivity index (χ2v) is 5.22. The van der Waals surface area contributed by atoms with Crippen LogP contribution in [-0.2, 0) is 0 Å². The van der Waals surface area contributed by atoms with Crippen molar-refractivity contribution in [2.24, 2.45) is 0 Å². The van der Waals surface area contributed by atoms with Crippen molar-refractivity contribution in [3.05, 3.63) is 63.1 Å². The third kappa shape index (κ3) is 3.12. The zero-order valence-electron chi connectivity index (χ0n) is 9.71. The molecule has 0 bridgehead atoms. The number of carbonyl (C=O) groups is 1. The molecular formula is C14H11BrClNO. The van der Waals surface area contributed by atoms with Gasteiger partial charge in [-0.05, 0) is 48.9 Å². The average molecular weight is 325 g/mol. The van der Waals surface area contributed by atoms with E-state index < -0.39 is 0 Å². The van der Waals surface area contributed by atoms with E-state index in [1.54, 1.807) is 36.4 Å². The summed E-state index contributed by atoms with van der Waals surface area (Å²) in [4.78, 5) is 12.0. The molecule has 0 aromatic heterocycles. The molecule has 2 aromatic carbocycles. The molecule has 0 saturated heterocycles. The average Bonchev–Trinajstić information content (AvgIpc) is 2.35. The zero-order chi connectivity index (χ0) is 13.1. The first-order chi connectivity index (χ1) is 8.56. The summed E-state index contributed by atoms with van der Waals surface area (Å²) in [7, 11) is 0. The molecule has 2 nitrogen and oxygen atoms in total. The van der Waals surface area contributed by atoms with Crippen molar-refractivity contribution >= 4 is 39.1 Å². The molecule has 0 radical (unpaired) electrons. The van der Waals surface area contributed by atoms with Gasteiger partial charge in [0.15, 0.2) is 0 Å². The number of rotatable bonds is 2. The van der Waals surface area contributed by atoms with Crippen LogP contribution >= 0.6 is 27.5 Å². The summed E-state index contributed by atoms with van der Waals surface area (Å²) in [6.45, 7) is 1.98. The predicted molar refractivity (Wildman–Crippen MR) is 78.3 cm³/mol. The van der Waals surface area contributed by atoms with Crippen LogP contribution in [0.1, 0.15) is 15.9 Å². The van der Waals surface area contributed by atoms with Crippen molar-refractivity contribution in [3.8, 4) is 0 Å². The van der Waals surface area contributed by atoms with E-state index in [4.69, 9.17) is 11.6 Å². The molecule has 1 amide bonds. The normalized spacial score (nSPS) is 10.2. The Morgan fingerprint density at radius 3 is 2.44 bits per heavy atom. The molecule has 0 aliphatic heterocycles. The van der Waals surface area contributed by atoms with Crippen LogP contribution in [0.5, 0.6) is 0 Å². The lowest BCUT2D eigenvalue weighted by atomic mass is 10.1. The molecule has 0 heterocycles. The number of aryl methyl sites for hydroxylation is 1. The maximum absolute atomic E-state index is 12.0. The van der Waals surface area contributed by atoms with E-state index >= 15 is 0 Å². The summed E-state index contributed by atoms with van der Waals surface area (Å²) in [5.41, 5.74) is 2.43. The highest BCUT2D eigenvalue weighted by atomic mass is 79.9. The number of anilines is 1. The van der Waals surface area contributed by atoms with Gasteiger partial charge in [0.2, 0.25) is 0 Å². The fourth-order valence-corrected chi connectivity index (χ4v) is 1.98. The fraction of sp³-hybridized carbons (Fsp3) is 0.0714. The molecule has 0 aliphatic rings. The Kier molecular flexibility index (Phi) is 4.04. The molecule has 0 atom stereocenters. The Labute approximate surface area is 119 Å². The Hall–Kier alpha value is -1.32. The van der Waals surface area contributed by atoms with Gasteiger partial charge < -0.3 is 5.32 Å². The molecule has 4 heteroatoms. The van der Waals surface area contributed by atoms with Crippen LogP contribution in [0, 0.1) is 6.92 Å². The number of hydrogen-bond acceptors (Lipinski definition) is 1. The minimum absolute atomic E-state index is 0.141. The number of hydrogen-bond donors (Lipinski definition) is 1. The number of benzene rings is 2. The second-order valence-electron chi connectivity index (χ2n) is 3.92. The van der Waals surface area contributed by atoms with Crippen LogP contribution < -0.4 is 5.32 Å². The Morgan fingerprint density at radius 2 is 1.83 bits per heavy atom. The molecule has 0 unspecified atom stereocenters. The summed E-state index contributed by atoms with van der Waals surface area (Å²) in [6, 6.07) is 12.5. The van der Waals surface area contributed by atoms with E-state index in [1.807, 2.05) is 13.0 Å². The predicted octanol–water partition coefficient (Wildman–Crippen LogP) is 4.66. The van der Waals surface area contributed by atoms with Gasteiger partial charge in [-0.1, -0.05) is 33.6 Å². The molecular weight excluding hydrogens is 314 g/mol. The first-order valence-electron chi connectivity index (χ1n) is 5.39. The standard InChI is InChI=1S/C14H11BrClNO/c1-9-2-3-10(8-13(9)15)14(18)17-12-6-4-11(16)5-7-12/h2-8H,1H3,(H,17,18). The van der Waals surface area contributed by atoms with E-state index in [0.29, 0.717) is 10.6 Å². The highest BCUT2D eigenvalue weighted by Crippen LogP contribution is 2.19. The maximum Gasteiger partial charge on any atom is 0.255 e. The molecule has 0 aliphatic carbocycles. The number of carbonyl (C=O) groups excluding carboxylic acids is 1. The molecule has 0 spiro atoms. The minimum Gasteiger partial charge on any atom is -0.322 e. The van der Waals surface area contributed by atoms with Crippen LogP contribution in [0.3, 0.4) is 0 Å². The lowest BCUT2D eigenvalue weighted by Crippen LogP contribution is -2.11. The van der Waals surface area contributed by atoms with Gasteiger partial charge in [-0.2, -0.15) is 0 Å². The summed E-state index contributed by atoms with van der Waals surface area (Å²) in [6.07, 6.45) is 0. The van der Waals surface area contributed by atoms with Gasteiger partial charge in [-0.3, -0.25) is 4.79 Å². The molecule has 0 saturated carbocycles. The number of amides is 1. The highest BCUT2D eigenvalue weighted by Gasteiger charge is 2.07. The first kappa shape index (κ1) is 13.1. The van der Waals surface area contributed by atoms with E-state index in [2.05, 4.69) is 21.2 Å². The highest BCUT2D eigenvalue weighted by molar-refractivity contribution is 9.10. The SMILES string of the molecule is Cc1ccc(C(=O)Nc2ccc(Cl)cc2)cc1Br. The van der Waals surface area contributed by atoms with Crippen LogP contribution in [0.25, 0.3) is 0 Å². The smallest absolute Gasteiger partial charge is 0.255 e. The molecule has 92 valence electrons. The van der Waals surface area contributed by atoms with Gasteiger partial charge in [-0.15, -0.1) is 0 Å². The Balaban J connectivity index is 2.16. The monoisotopic (exact) mass is 323 g/mol. The minimum atomic E-state index is -0.141. The van der Waals surface area contributed by atoms with E-state index in [9.17, 15) is 4.79 Å². The molecule has 1 N–H and O–H groups in total. The van der Waals surface area contributed by atoms with Crippen LogP contribution in [0.4, 0.5) is 5.69 Å².